The van der Waals surface area contributed by atoms with E-state index in [-0.39, 0.29) is 28.5 Å². The lowest BCUT2D eigenvalue weighted by molar-refractivity contribution is -0.126. The summed E-state index contributed by atoms with van der Waals surface area (Å²) in [5.74, 6) is 0.774. The molecule has 0 spiro atoms. The van der Waals surface area contributed by atoms with E-state index >= 15 is 0 Å². The molecule has 12 heteroatoms. The Labute approximate surface area is 242 Å². The summed E-state index contributed by atoms with van der Waals surface area (Å²) < 4.78 is 61.6. The Kier molecular flexibility index (Phi) is 10.2. The molecule has 1 aromatic carbocycles. The number of ketones is 1. The van der Waals surface area contributed by atoms with Crippen LogP contribution in [0.1, 0.15) is 65.7 Å². The number of benzene rings is 1. The molecule has 41 heavy (non-hydrogen) atoms. The van der Waals surface area contributed by atoms with Gasteiger partial charge in [0.25, 0.3) is 0 Å². The van der Waals surface area contributed by atoms with Gasteiger partial charge in [0.15, 0.2) is 15.6 Å². The minimum Gasteiger partial charge on any atom is -0.356 e. The molecule has 0 unspecified atom stereocenters. The fourth-order valence-electron chi connectivity index (χ4n) is 5.19. The van der Waals surface area contributed by atoms with Crippen LogP contribution in [0, 0.1) is 0 Å². The largest absolute Gasteiger partial charge is 0.393 e. The highest BCUT2D eigenvalue weighted by Crippen LogP contribution is 2.35. The molecule has 4 rings (SSSR count). The Morgan fingerprint density at radius 2 is 1.93 bits per heavy atom. The summed E-state index contributed by atoms with van der Waals surface area (Å²) in [7, 11) is -1.25. The molecule has 3 aromatic rings. The Balaban J connectivity index is 1.24. The van der Waals surface area contributed by atoms with Gasteiger partial charge in [-0.05, 0) is 43.7 Å². The number of aromatic nitrogens is 2. The molecule has 1 fully saturated rings. The van der Waals surface area contributed by atoms with Crippen molar-refractivity contribution >= 4 is 43.0 Å². The molecular weight excluding hydrogens is 573 g/mol. The van der Waals surface area contributed by atoms with Crippen LogP contribution in [-0.2, 0) is 22.8 Å². The van der Waals surface area contributed by atoms with Crippen molar-refractivity contribution in [3.63, 3.8) is 0 Å². The van der Waals surface area contributed by atoms with Crippen molar-refractivity contribution in [1.82, 2.24) is 15.3 Å². The Morgan fingerprint density at radius 1 is 1.17 bits per heavy atom. The zero-order chi connectivity index (χ0) is 29.6. The van der Waals surface area contributed by atoms with E-state index in [2.05, 4.69) is 26.8 Å². The molecular formula is C29H35F3N4O3S2. The van der Waals surface area contributed by atoms with Gasteiger partial charge in [-0.3, -0.25) is 4.79 Å². The second kappa shape index (κ2) is 13.4. The molecule has 0 bridgehead atoms. The van der Waals surface area contributed by atoms with E-state index in [4.69, 9.17) is 0 Å². The van der Waals surface area contributed by atoms with E-state index in [1.54, 1.807) is 6.07 Å². The van der Waals surface area contributed by atoms with E-state index < -0.39 is 22.4 Å². The number of anilines is 1. The maximum Gasteiger partial charge on any atom is 0.393 e. The minimum atomic E-state index is -4.26. The number of carbonyl (C=O) groups is 1. The number of nitrogens with one attached hydrogen (secondary N) is 1. The number of fused-ring (bicyclic) bond motifs is 1. The van der Waals surface area contributed by atoms with Gasteiger partial charge >= 0.3 is 6.18 Å². The summed E-state index contributed by atoms with van der Waals surface area (Å²) in [4.78, 5) is 23.9. The van der Waals surface area contributed by atoms with E-state index in [1.165, 1.54) is 6.33 Å². The van der Waals surface area contributed by atoms with Crippen LogP contribution >= 0.6 is 11.3 Å². The number of hydrogen-bond donors (Lipinski definition) is 1. The number of nitrogens with zero attached hydrogens (tertiary/aromatic N) is 3. The number of carbonyl (C=O) groups excluding carboxylic acids is 1. The number of alkyl halides is 3. The molecule has 1 aliphatic carbocycles. The van der Waals surface area contributed by atoms with Gasteiger partial charge in [-0.2, -0.15) is 13.2 Å². The van der Waals surface area contributed by atoms with E-state index in [1.807, 2.05) is 31.3 Å². The predicted molar refractivity (Wildman–Crippen MR) is 157 cm³/mol. The van der Waals surface area contributed by atoms with Gasteiger partial charge in [-0.1, -0.05) is 37.3 Å². The SMILES string of the molecule is C=CS(=O)(=O)CCCCCC(=O)c1ccc(CN[C@H]2CC[C@@H](N(C)c3ncnc4sc(CC(F)(F)F)cc34)C2)cc1. The summed E-state index contributed by atoms with van der Waals surface area (Å²) >= 11 is 1.06. The smallest absolute Gasteiger partial charge is 0.356 e. The standard InChI is InChI=1S/C29H35F3N4O3S2/c1-3-41(38,39)14-6-4-5-7-26(37)21-10-8-20(9-11-21)18-33-22-12-13-23(15-22)36(2)27-25-16-24(17-29(30,31)32)40-28(25)35-19-34-27/h3,8-11,16,19,22-23,33H,1,4-7,12-15,17-18H2,2H3/t22-,23+/m0/s1. The topological polar surface area (TPSA) is 92.3 Å². The Bertz CT molecular complexity index is 1460. The van der Waals surface area contributed by atoms with Crippen LogP contribution in [0.5, 0.6) is 0 Å². The maximum absolute atomic E-state index is 12.9. The van der Waals surface area contributed by atoms with Gasteiger partial charge < -0.3 is 10.2 Å². The van der Waals surface area contributed by atoms with Crippen molar-refractivity contribution < 1.29 is 26.4 Å². The summed E-state index contributed by atoms with van der Waals surface area (Å²) in [5.41, 5.74) is 1.72. The van der Waals surface area contributed by atoms with Crippen molar-refractivity contribution in [2.45, 2.75) is 76.2 Å². The zero-order valence-corrected chi connectivity index (χ0v) is 24.6. The first-order valence-electron chi connectivity index (χ1n) is 13.7. The van der Waals surface area contributed by atoms with Crippen LogP contribution in [0.2, 0.25) is 0 Å². The molecule has 0 saturated heterocycles. The van der Waals surface area contributed by atoms with Crippen LogP contribution in [0.15, 0.2) is 48.6 Å². The molecule has 1 aliphatic rings. The predicted octanol–water partition coefficient (Wildman–Crippen LogP) is 6.24. The lowest BCUT2D eigenvalue weighted by atomic mass is 10.0. The fourth-order valence-corrected chi connectivity index (χ4v) is 6.98. The molecule has 0 amide bonds. The number of thiophene rings is 1. The minimum absolute atomic E-state index is 0.0488. The van der Waals surface area contributed by atoms with Crippen molar-refractivity contribution in [1.29, 1.82) is 0 Å². The first-order valence-corrected chi connectivity index (χ1v) is 16.2. The third kappa shape index (κ3) is 8.83. The second-order valence-electron chi connectivity index (χ2n) is 10.5. The van der Waals surface area contributed by atoms with E-state index in [0.717, 1.165) is 41.6 Å². The molecule has 2 aromatic heterocycles. The number of sulfone groups is 1. The van der Waals surface area contributed by atoms with Crippen molar-refractivity contribution in [3.05, 3.63) is 64.7 Å². The molecule has 1 saturated carbocycles. The molecule has 222 valence electrons. The first kappa shape index (κ1) is 31.1. The first-order chi connectivity index (χ1) is 19.4. The summed E-state index contributed by atoms with van der Waals surface area (Å²) in [5, 5.41) is 5.22. The highest BCUT2D eigenvalue weighted by Gasteiger charge is 2.31. The quantitative estimate of drug-likeness (QED) is 0.171. The lowest BCUT2D eigenvalue weighted by Gasteiger charge is -2.26. The highest BCUT2D eigenvalue weighted by molar-refractivity contribution is 7.94. The Hall–Kier alpha value is -2.83. The molecule has 1 N–H and O–H groups in total. The molecule has 0 radical (unpaired) electrons. The van der Waals surface area contributed by atoms with Gasteiger partial charge in [0, 0.05) is 47.9 Å². The van der Waals surface area contributed by atoms with Crippen molar-refractivity contribution in [2.75, 3.05) is 17.7 Å². The van der Waals surface area contributed by atoms with Gasteiger partial charge in [0.05, 0.1) is 17.6 Å². The summed E-state index contributed by atoms with van der Waals surface area (Å²) in [6.45, 7) is 3.97. The van der Waals surface area contributed by atoms with Gasteiger partial charge in [0.2, 0.25) is 0 Å². The average Bonchev–Trinajstić information content (AvgIpc) is 3.57. The lowest BCUT2D eigenvalue weighted by Crippen LogP contribution is -2.33. The van der Waals surface area contributed by atoms with Crippen LogP contribution in [-0.4, -0.2) is 55.2 Å². The number of halogens is 3. The maximum atomic E-state index is 12.9. The monoisotopic (exact) mass is 608 g/mol. The van der Waals surface area contributed by atoms with Crippen LogP contribution in [0.25, 0.3) is 10.2 Å². The van der Waals surface area contributed by atoms with Crippen molar-refractivity contribution in [2.24, 2.45) is 0 Å². The third-order valence-corrected chi connectivity index (χ3v) is 9.89. The van der Waals surface area contributed by atoms with E-state index in [9.17, 15) is 26.4 Å². The van der Waals surface area contributed by atoms with Gasteiger partial charge in [0.1, 0.15) is 17.0 Å². The van der Waals surface area contributed by atoms with Crippen LogP contribution in [0.4, 0.5) is 19.0 Å². The molecule has 2 heterocycles. The number of unbranched alkanes of at least 4 members (excludes halogenated alkanes) is 2. The van der Waals surface area contributed by atoms with Gasteiger partial charge in [-0.15, -0.1) is 11.3 Å². The second-order valence-corrected chi connectivity index (χ2v) is 13.7. The zero-order valence-electron chi connectivity index (χ0n) is 23.0. The van der Waals surface area contributed by atoms with E-state index in [0.29, 0.717) is 53.8 Å². The van der Waals surface area contributed by atoms with Crippen molar-refractivity contribution in [3.8, 4) is 0 Å². The average molecular weight is 609 g/mol. The van der Waals surface area contributed by atoms with Crippen LogP contribution < -0.4 is 10.2 Å². The normalized spacial score (nSPS) is 17.7. The number of rotatable bonds is 14. The van der Waals surface area contributed by atoms with Gasteiger partial charge in [-0.25, -0.2) is 18.4 Å². The van der Waals surface area contributed by atoms with Crippen LogP contribution in [0.3, 0.4) is 0 Å². The molecule has 7 nitrogen and oxygen atoms in total. The molecule has 0 aliphatic heterocycles. The highest BCUT2D eigenvalue weighted by atomic mass is 32.2. The Morgan fingerprint density at radius 3 is 2.63 bits per heavy atom. The summed E-state index contributed by atoms with van der Waals surface area (Å²) in [6, 6.07) is 9.62. The third-order valence-electron chi connectivity index (χ3n) is 7.48. The summed E-state index contributed by atoms with van der Waals surface area (Å²) in [6.07, 6.45) is 1.20. The fraction of sp³-hybridized carbons (Fsp3) is 0.483. The number of hydrogen-bond acceptors (Lipinski definition) is 8. The molecule has 2 atom stereocenters. The number of Topliss-reactive ketones (excluding diaryl/α,β-unsaturated/α-hetero) is 1.